The zero-order chi connectivity index (χ0) is 16.9. The Hall–Kier alpha value is -1.33. The summed E-state index contributed by atoms with van der Waals surface area (Å²) in [6.45, 7) is 10.1. The van der Waals surface area contributed by atoms with E-state index in [0.29, 0.717) is 31.5 Å². The Labute approximate surface area is 144 Å². The first-order chi connectivity index (χ1) is 11.6. The lowest BCUT2D eigenvalue weighted by Gasteiger charge is -2.33. The topological polar surface area (TPSA) is 45.9 Å². The number of hydrogen-bond donors (Lipinski definition) is 0. The third-order valence-corrected chi connectivity index (χ3v) is 5.33. The smallest absolute Gasteiger partial charge is 0.222 e. The molecule has 1 amide bonds. The summed E-state index contributed by atoms with van der Waals surface area (Å²) in [5, 5.41) is 0. The molecule has 1 aromatic rings. The maximum atomic E-state index is 12.3. The molecule has 24 heavy (non-hydrogen) atoms. The third-order valence-electron chi connectivity index (χ3n) is 5.33. The molecule has 2 aliphatic rings. The van der Waals surface area contributed by atoms with Crippen molar-refractivity contribution >= 4 is 5.91 Å². The Kier molecular flexibility index (Phi) is 5.95. The molecule has 3 heterocycles. The predicted octanol–water partition coefficient (Wildman–Crippen LogP) is 2.75. The van der Waals surface area contributed by atoms with Crippen LogP contribution in [-0.4, -0.2) is 55.1 Å². The van der Waals surface area contributed by atoms with Crippen LogP contribution in [0.2, 0.25) is 0 Å². The van der Waals surface area contributed by atoms with E-state index in [0.717, 1.165) is 50.7 Å². The number of piperidine rings is 1. The molecule has 2 aliphatic heterocycles. The number of carbonyl (C=O) groups excluding carboxylic acids is 1. The fourth-order valence-corrected chi connectivity index (χ4v) is 3.78. The van der Waals surface area contributed by atoms with Crippen LogP contribution in [0.1, 0.15) is 42.8 Å². The number of furan rings is 1. The third kappa shape index (κ3) is 4.61. The highest BCUT2D eigenvalue weighted by molar-refractivity contribution is 5.76. The summed E-state index contributed by atoms with van der Waals surface area (Å²) in [6.07, 6.45) is 4.14. The average Bonchev–Trinajstić information content (AvgIpc) is 2.91. The molecule has 5 nitrogen and oxygen atoms in total. The molecule has 3 rings (SSSR count). The van der Waals surface area contributed by atoms with E-state index in [2.05, 4.69) is 17.9 Å². The summed E-state index contributed by atoms with van der Waals surface area (Å²) in [5.74, 6) is 3.01. The molecule has 5 heteroatoms. The molecule has 1 atom stereocenters. The zero-order valence-electron chi connectivity index (χ0n) is 15.1. The van der Waals surface area contributed by atoms with Gasteiger partial charge < -0.3 is 14.1 Å². The lowest BCUT2D eigenvalue weighted by Crippen LogP contribution is -2.41. The summed E-state index contributed by atoms with van der Waals surface area (Å²) in [6, 6.07) is 2.15. The number of likely N-dealkylation sites (tertiary alicyclic amines) is 1. The van der Waals surface area contributed by atoms with Crippen LogP contribution < -0.4 is 0 Å². The summed E-state index contributed by atoms with van der Waals surface area (Å²) in [7, 11) is 0. The van der Waals surface area contributed by atoms with E-state index in [1.807, 2.05) is 11.8 Å². The summed E-state index contributed by atoms with van der Waals surface area (Å²) in [5.41, 5.74) is 1.23. The quantitative estimate of drug-likeness (QED) is 0.831. The highest BCUT2D eigenvalue weighted by atomic mass is 16.5. The highest BCUT2D eigenvalue weighted by Gasteiger charge is 2.23. The number of aryl methyl sites for hydroxylation is 2. The van der Waals surface area contributed by atoms with Crippen LogP contribution in [0, 0.1) is 19.8 Å². The average molecular weight is 334 g/mol. The van der Waals surface area contributed by atoms with Gasteiger partial charge in [0.2, 0.25) is 5.91 Å². The standard InChI is InChI=1S/C19H30N2O3/c1-15-12-18(24-16(15)2)14-20-7-3-4-17(13-20)5-6-19(22)21-8-10-23-11-9-21/h12,17H,3-11,13-14H2,1-2H3. The van der Waals surface area contributed by atoms with Crippen molar-refractivity contribution in [1.82, 2.24) is 9.80 Å². The van der Waals surface area contributed by atoms with Crippen molar-refractivity contribution in [2.45, 2.75) is 46.1 Å². The minimum Gasteiger partial charge on any atom is -0.465 e. The van der Waals surface area contributed by atoms with E-state index in [4.69, 9.17) is 9.15 Å². The molecule has 1 aromatic heterocycles. The van der Waals surface area contributed by atoms with Crippen LogP contribution in [-0.2, 0) is 16.1 Å². The molecule has 1 unspecified atom stereocenters. The van der Waals surface area contributed by atoms with Crippen molar-refractivity contribution in [1.29, 1.82) is 0 Å². The van der Waals surface area contributed by atoms with Gasteiger partial charge in [-0.25, -0.2) is 0 Å². The van der Waals surface area contributed by atoms with E-state index < -0.39 is 0 Å². The second-order valence-corrected chi connectivity index (χ2v) is 7.23. The Morgan fingerprint density at radius 3 is 2.75 bits per heavy atom. The zero-order valence-corrected chi connectivity index (χ0v) is 15.1. The monoisotopic (exact) mass is 334 g/mol. The second kappa shape index (κ2) is 8.17. The number of amides is 1. The number of rotatable bonds is 5. The van der Waals surface area contributed by atoms with Crippen LogP contribution in [0.4, 0.5) is 0 Å². The van der Waals surface area contributed by atoms with E-state index in [1.165, 1.54) is 18.4 Å². The van der Waals surface area contributed by atoms with Gasteiger partial charge in [0.1, 0.15) is 11.5 Å². The molecule has 134 valence electrons. The predicted molar refractivity (Wildman–Crippen MR) is 92.8 cm³/mol. The Morgan fingerprint density at radius 2 is 2.04 bits per heavy atom. The minimum absolute atomic E-state index is 0.299. The van der Waals surface area contributed by atoms with Gasteiger partial charge in [-0.05, 0) is 57.2 Å². The molecule has 2 saturated heterocycles. The molecule has 0 saturated carbocycles. The van der Waals surface area contributed by atoms with Crippen LogP contribution in [0.25, 0.3) is 0 Å². The van der Waals surface area contributed by atoms with Crippen molar-refractivity contribution in [2.75, 3.05) is 39.4 Å². The van der Waals surface area contributed by atoms with Crippen molar-refractivity contribution in [3.8, 4) is 0 Å². The SMILES string of the molecule is Cc1cc(CN2CCCC(CCC(=O)N3CCOCC3)C2)oc1C. The van der Waals surface area contributed by atoms with Gasteiger partial charge in [0.15, 0.2) is 0 Å². The molecule has 0 radical (unpaired) electrons. The summed E-state index contributed by atoms with van der Waals surface area (Å²) >= 11 is 0. The lowest BCUT2D eigenvalue weighted by atomic mass is 9.93. The maximum absolute atomic E-state index is 12.3. The number of hydrogen-bond acceptors (Lipinski definition) is 4. The second-order valence-electron chi connectivity index (χ2n) is 7.23. The van der Waals surface area contributed by atoms with Gasteiger partial charge in [0, 0.05) is 26.1 Å². The first-order valence-corrected chi connectivity index (χ1v) is 9.25. The first kappa shape index (κ1) is 17.5. The largest absolute Gasteiger partial charge is 0.465 e. The Bertz CT molecular complexity index is 529. The molecule has 0 aromatic carbocycles. The first-order valence-electron chi connectivity index (χ1n) is 9.25. The van der Waals surface area contributed by atoms with E-state index in [-0.39, 0.29) is 0 Å². The number of ether oxygens (including phenoxy) is 1. The molecule has 0 N–H and O–H groups in total. The fourth-order valence-electron chi connectivity index (χ4n) is 3.78. The maximum Gasteiger partial charge on any atom is 0.222 e. The normalized spacial score (nSPS) is 22.8. The van der Waals surface area contributed by atoms with Gasteiger partial charge in [-0.3, -0.25) is 9.69 Å². The van der Waals surface area contributed by atoms with Crippen molar-refractivity contribution in [2.24, 2.45) is 5.92 Å². The van der Waals surface area contributed by atoms with Crippen molar-refractivity contribution in [3.63, 3.8) is 0 Å². The highest BCUT2D eigenvalue weighted by Crippen LogP contribution is 2.24. The molecular formula is C19H30N2O3. The van der Waals surface area contributed by atoms with Gasteiger partial charge in [-0.15, -0.1) is 0 Å². The van der Waals surface area contributed by atoms with E-state index in [1.54, 1.807) is 0 Å². The molecule has 2 fully saturated rings. The Morgan fingerprint density at radius 1 is 1.25 bits per heavy atom. The number of carbonyl (C=O) groups is 1. The van der Waals surface area contributed by atoms with E-state index in [9.17, 15) is 4.79 Å². The van der Waals surface area contributed by atoms with Gasteiger partial charge in [-0.2, -0.15) is 0 Å². The van der Waals surface area contributed by atoms with Gasteiger partial charge in [0.25, 0.3) is 0 Å². The summed E-state index contributed by atoms with van der Waals surface area (Å²) < 4.78 is 11.1. The Balaban J connectivity index is 1.44. The van der Waals surface area contributed by atoms with Gasteiger partial charge in [0.05, 0.1) is 19.8 Å². The molecule has 0 spiro atoms. The van der Waals surface area contributed by atoms with Crippen LogP contribution in [0.3, 0.4) is 0 Å². The van der Waals surface area contributed by atoms with Crippen LogP contribution in [0.15, 0.2) is 10.5 Å². The summed E-state index contributed by atoms with van der Waals surface area (Å²) in [4.78, 5) is 16.7. The van der Waals surface area contributed by atoms with Gasteiger partial charge >= 0.3 is 0 Å². The van der Waals surface area contributed by atoms with Crippen LogP contribution >= 0.6 is 0 Å². The molecule has 0 bridgehead atoms. The van der Waals surface area contributed by atoms with Gasteiger partial charge in [-0.1, -0.05) is 0 Å². The van der Waals surface area contributed by atoms with E-state index >= 15 is 0 Å². The fraction of sp³-hybridized carbons (Fsp3) is 0.737. The van der Waals surface area contributed by atoms with Crippen molar-refractivity contribution < 1.29 is 13.9 Å². The number of nitrogens with zero attached hydrogens (tertiary/aromatic N) is 2. The number of morpholine rings is 1. The van der Waals surface area contributed by atoms with Crippen LogP contribution in [0.5, 0.6) is 0 Å². The molecule has 0 aliphatic carbocycles. The van der Waals surface area contributed by atoms with Crippen molar-refractivity contribution in [3.05, 3.63) is 23.2 Å². The minimum atomic E-state index is 0.299. The lowest BCUT2D eigenvalue weighted by molar-refractivity contribution is -0.135. The molecular weight excluding hydrogens is 304 g/mol.